The summed E-state index contributed by atoms with van der Waals surface area (Å²) in [6, 6.07) is 8.37. The van der Waals surface area contributed by atoms with E-state index in [-0.39, 0.29) is 10.4 Å². The van der Waals surface area contributed by atoms with E-state index in [1.165, 1.54) is 11.1 Å². The smallest absolute Gasteiger partial charge is 0.123 e. The highest BCUT2D eigenvalue weighted by Gasteiger charge is 2.30. The molecule has 1 aromatic heterocycles. The van der Waals surface area contributed by atoms with Gasteiger partial charge in [0.1, 0.15) is 11.4 Å². The molecule has 1 aliphatic rings. The van der Waals surface area contributed by atoms with Crippen molar-refractivity contribution in [2.24, 2.45) is 0 Å². The fourth-order valence-electron chi connectivity index (χ4n) is 2.40. The molecule has 0 N–H and O–H groups in total. The molecule has 3 heteroatoms. The molecule has 2 nitrogen and oxygen atoms in total. The van der Waals surface area contributed by atoms with Crippen LogP contribution in [-0.4, -0.2) is 5.60 Å². The molecule has 0 radical (unpaired) electrons. The normalized spacial score (nSPS) is 18.2. The van der Waals surface area contributed by atoms with Crippen molar-refractivity contribution in [3.8, 4) is 5.75 Å². The number of fused-ring (bicyclic) bond motifs is 1. The highest BCUT2D eigenvalue weighted by molar-refractivity contribution is 9.09. The second-order valence-electron chi connectivity index (χ2n) is 5.32. The second kappa shape index (κ2) is 4.16. The first-order valence-corrected chi connectivity index (χ1v) is 6.95. The molecule has 1 unspecified atom stereocenters. The molecule has 0 fully saturated rings. The fraction of sp³-hybridized carbons (Fsp3) is 0.333. The van der Waals surface area contributed by atoms with Crippen molar-refractivity contribution >= 4 is 15.9 Å². The maximum absolute atomic E-state index is 5.89. The van der Waals surface area contributed by atoms with Crippen molar-refractivity contribution < 1.29 is 9.15 Å². The summed E-state index contributed by atoms with van der Waals surface area (Å²) in [5.41, 5.74) is 3.56. The Bertz CT molecular complexity index is 558. The molecule has 1 aromatic carbocycles. The molecule has 1 aliphatic heterocycles. The van der Waals surface area contributed by atoms with Gasteiger partial charge in [0.2, 0.25) is 0 Å². The zero-order valence-electron chi connectivity index (χ0n) is 10.4. The first-order chi connectivity index (χ1) is 8.55. The second-order valence-corrected chi connectivity index (χ2v) is 6.24. The summed E-state index contributed by atoms with van der Waals surface area (Å²) in [5, 5.41) is 0. The van der Waals surface area contributed by atoms with E-state index in [2.05, 4.69) is 48.0 Å². The molecular weight excluding hydrogens is 292 g/mol. The lowest BCUT2D eigenvalue weighted by molar-refractivity contribution is 0.138. The number of hydrogen-bond acceptors (Lipinski definition) is 2. The van der Waals surface area contributed by atoms with Gasteiger partial charge in [-0.2, -0.15) is 0 Å². The van der Waals surface area contributed by atoms with E-state index in [1.807, 2.05) is 6.07 Å². The van der Waals surface area contributed by atoms with Crippen molar-refractivity contribution in [3.63, 3.8) is 0 Å². The van der Waals surface area contributed by atoms with Crippen LogP contribution in [0.25, 0.3) is 0 Å². The van der Waals surface area contributed by atoms with Gasteiger partial charge in [0, 0.05) is 12.0 Å². The first kappa shape index (κ1) is 11.8. The van der Waals surface area contributed by atoms with E-state index in [0.29, 0.717) is 0 Å². The number of rotatable bonds is 2. The topological polar surface area (TPSA) is 22.4 Å². The molecule has 0 saturated heterocycles. The van der Waals surface area contributed by atoms with Crippen LogP contribution in [0, 0.1) is 0 Å². The van der Waals surface area contributed by atoms with Crippen molar-refractivity contribution in [2.75, 3.05) is 0 Å². The highest BCUT2D eigenvalue weighted by atomic mass is 79.9. The summed E-state index contributed by atoms with van der Waals surface area (Å²) in [4.78, 5) is 0.172. The Hall–Kier alpha value is -1.22. The van der Waals surface area contributed by atoms with Crippen LogP contribution < -0.4 is 4.74 Å². The van der Waals surface area contributed by atoms with E-state index in [4.69, 9.17) is 9.15 Å². The van der Waals surface area contributed by atoms with Crippen molar-refractivity contribution in [1.29, 1.82) is 0 Å². The van der Waals surface area contributed by atoms with Crippen LogP contribution in [0.4, 0.5) is 0 Å². The molecule has 0 amide bonds. The quantitative estimate of drug-likeness (QED) is 0.763. The Labute approximate surface area is 115 Å². The summed E-state index contributed by atoms with van der Waals surface area (Å²) < 4.78 is 11.0. The number of halogens is 1. The van der Waals surface area contributed by atoms with Crippen LogP contribution in [-0.2, 0) is 6.42 Å². The molecule has 3 rings (SSSR count). The van der Waals surface area contributed by atoms with Crippen LogP contribution in [0.5, 0.6) is 5.75 Å². The lowest BCUT2D eigenvalue weighted by Gasteiger charge is -2.16. The monoisotopic (exact) mass is 306 g/mol. The lowest BCUT2D eigenvalue weighted by Crippen LogP contribution is -2.24. The molecule has 0 bridgehead atoms. The largest absolute Gasteiger partial charge is 0.487 e. The Morgan fingerprint density at radius 1 is 1.22 bits per heavy atom. The lowest BCUT2D eigenvalue weighted by atomic mass is 9.98. The van der Waals surface area contributed by atoms with Gasteiger partial charge in [-0.15, -0.1) is 0 Å². The van der Waals surface area contributed by atoms with Gasteiger partial charge < -0.3 is 9.15 Å². The van der Waals surface area contributed by atoms with Gasteiger partial charge in [0.15, 0.2) is 0 Å². The number of hydrogen-bond donors (Lipinski definition) is 0. The molecule has 2 heterocycles. The minimum absolute atomic E-state index is 0.0849. The third-order valence-electron chi connectivity index (χ3n) is 3.22. The Balaban J connectivity index is 1.93. The van der Waals surface area contributed by atoms with Gasteiger partial charge in [0.05, 0.1) is 17.4 Å². The molecule has 18 heavy (non-hydrogen) atoms. The van der Waals surface area contributed by atoms with Gasteiger partial charge >= 0.3 is 0 Å². The SMILES string of the molecule is CC1(C)Cc2cc(C(Br)c3ccoc3)ccc2O1. The van der Waals surface area contributed by atoms with E-state index in [0.717, 1.165) is 17.7 Å². The number of ether oxygens (including phenoxy) is 1. The summed E-state index contributed by atoms with van der Waals surface area (Å²) in [6.45, 7) is 4.24. The Morgan fingerprint density at radius 2 is 2.06 bits per heavy atom. The predicted molar refractivity (Wildman–Crippen MR) is 74.3 cm³/mol. The Morgan fingerprint density at radius 3 is 2.78 bits per heavy atom. The average Bonchev–Trinajstić information content (AvgIpc) is 2.91. The highest BCUT2D eigenvalue weighted by Crippen LogP contribution is 2.39. The average molecular weight is 307 g/mol. The van der Waals surface area contributed by atoms with E-state index in [1.54, 1.807) is 12.5 Å². The van der Waals surface area contributed by atoms with Crippen LogP contribution in [0.1, 0.15) is 35.4 Å². The minimum Gasteiger partial charge on any atom is -0.487 e. The van der Waals surface area contributed by atoms with Crippen molar-refractivity contribution in [3.05, 3.63) is 53.5 Å². The van der Waals surface area contributed by atoms with Crippen molar-refractivity contribution in [2.45, 2.75) is 30.7 Å². The fourth-order valence-corrected chi connectivity index (χ4v) is 2.94. The van der Waals surface area contributed by atoms with Crippen LogP contribution in [0.15, 0.2) is 41.2 Å². The third kappa shape index (κ3) is 2.07. The van der Waals surface area contributed by atoms with E-state index < -0.39 is 0 Å². The van der Waals surface area contributed by atoms with Gasteiger partial charge in [0.25, 0.3) is 0 Å². The van der Waals surface area contributed by atoms with Gasteiger partial charge in [-0.05, 0) is 37.1 Å². The van der Waals surface area contributed by atoms with E-state index >= 15 is 0 Å². The summed E-state index contributed by atoms with van der Waals surface area (Å²) in [6.07, 6.45) is 4.43. The molecule has 0 saturated carbocycles. The Kier molecular flexibility index (Phi) is 2.74. The minimum atomic E-state index is -0.0849. The molecule has 0 spiro atoms. The molecule has 0 aliphatic carbocycles. The van der Waals surface area contributed by atoms with Crippen LogP contribution in [0.2, 0.25) is 0 Å². The number of alkyl halides is 1. The van der Waals surface area contributed by atoms with E-state index in [9.17, 15) is 0 Å². The summed E-state index contributed by atoms with van der Waals surface area (Å²) in [7, 11) is 0. The molecule has 1 atom stereocenters. The predicted octanol–water partition coefficient (Wildman–Crippen LogP) is 4.48. The maximum Gasteiger partial charge on any atom is 0.123 e. The number of benzene rings is 1. The van der Waals surface area contributed by atoms with Gasteiger partial charge in [-0.3, -0.25) is 0 Å². The molecule has 94 valence electrons. The van der Waals surface area contributed by atoms with Crippen molar-refractivity contribution in [1.82, 2.24) is 0 Å². The molecular formula is C15H15BrO2. The summed E-state index contributed by atoms with van der Waals surface area (Å²) >= 11 is 3.71. The zero-order chi connectivity index (χ0) is 12.8. The summed E-state index contributed by atoms with van der Waals surface area (Å²) in [5.74, 6) is 1.01. The van der Waals surface area contributed by atoms with Crippen LogP contribution in [0.3, 0.4) is 0 Å². The van der Waals surface area contributed by atoms with Gasteiger partial charge in [-0.1, -0.05) is 28.1 Å². The third-order valence-corrected chi connectivity index (χ3v) is 4.27. The zero-order valence-corrected chi connectivity index (χ0v) is 12.0. The maximum atomic E-state index is 5.89. The van der Waals surface area contributed by atoms with Gasteiger partial charge in [-0.25, -0.2) is 0 Å². The molecule has 2 aromatic rings. The van der Waals surface area contributed by atoms with Crippen LogP contribution >= 0.6 is 15.9 Å². The standard InChI is InChI=1S/C15H15BrO2/c1-15(2)8-12-7-10(3-4-13(12)18-15)14(16)11-5-6-17-9-11/h3-7,9,14H,8H2,1-2H3. The first-order valence-electron chi connectivity index (χ1n) is 6.03. The number of furan rings is 1.